The van der Waals surface area contributed by atoms with Crippen molar-refractivity contribution in [2.75, 3.05) is 5.32 Å². The molecule has 0 aliphatic rings. The van der Waals surface area contributed by atoms with Crippen LogP contribution in [-0.2, 0) is 21.3 Å². The average molecular weight is 405 g/mol. The van der Waals surface area contributed by atoms with E-state index in [9.17, 15) is 18.3 Å². The molecule has 0 bridgehead atoms. The highest BCUT2D eigenvalue weighted by Gasteiger charge is 2.21. The topological polar surface area (TPSA) is 169 Å². The maximum Gasteiger partial charge on any atom is 0.298 e. The van der Waals surface area contributed by atoms with Crippen LogP contribution >= 0.6 is 11.6 Å². The summed E-state index contributed by atoms with van der Waals surface area (Å²) < 4.78 is 36.8. The number of phenols is 1. The Balaban J connectivity index is 2.05. The van der Waals surface area contributed by atoms with E-state index in [4.69, 9.17) is 26.3 Å². The fourth-order valence-electron chi connectivity index (χ4n) is 2.05. The van der Waals surface area contributed by atoms with Crippen molar-refractivity contribution >= 4 is 33.3 Å². The number of benzene rings is 1. The normalized spacial score (nSPS) is 12.8. The zero-order chi connectivity index (χ0) is 19.5. The van der Waals surface area contributed by atoms with Gasteiger partial charge in [0.25, 0.3) is 10.1 Å². The fourth-order valence-corrected chi connectivity index (χ4v) is 2.96. The Kier molecular flexibility index (Phi) is 6.18. The minimum Gasteiger partial charge on any atom is -0.504 e. The first kappa shape index (κ1) is 20.1. The molecule has 142 valence electrons. The molecule has 26 heavy (non-hydrogen) atoms. The molecule has 12 heteroatoms. The highest BCUT2D eigenvalue weighted by Crippen LogP contribution is 2.34. The van der Waals surface area contributed by atoms with Crippen LogP contribution in [-0.4, -0.2) is 34.2 Å². The number of phenolic OH excluding ortho intramolecular Hbond substituents is 1. The molecule has 1 amide bonds. The Morgan fingerprint density at radius 2 is 2.12 bits per heavy atom. The molecule has 1 atom stereocenters. The lowest BCUT2D eigenvalue weighted by atomic mass is 10.1. The Hall–Kier alpha value is -2.21. The number of aromatic hydroxyl groups is 1. The number of carbonyl (C=O) groups excluding carboxylic acids is 1. The van der Waals surface area contributed by atoms with Crippen molar-refractivity contribution in [3.63, 3.8) is 0 Å². The van der Waals surface area contributed by atoms with Gasteiger partial charge in [0, 0.05) is 17.9 Å². The van der Waals surface area contributed by atoms with Crippen molar-refractivity contribution in [2.45, 2.75) is 37.1 Å². The second kappa shape index (κ2) is 7.99. The quantitative estimate of drug-likeness (QED) is 0.395. The van der Waals surface area contributed by atoms with Crippen LogP contribution in [0, 0.1) is 0 Å². The summed E-state index contributed by atoms with van der Waals surface area (Å²) in [6.07, 6.45) is 0.659. The molecule has 1 aromatic carbocycles. The van der Waals surface area contributed by atoms with Crippen molar-refractivity contribution in [1.29, 1.82) is 0 Å². The second-order valence-corrected chi connectivity index (χ2v) is 7.18. The van der Waals surface area contributed by atoms with Gasteiger partial charge in [-0.05, 0) is 18.6 Å². The Morgan fingerprint density at radius 3 is 2.69 bits per heavy atom. The standard InChI is InChI=1S/C14H17ClN4O6S/c1-2-12-18-19-14(25-12)8(16)3-4-11(20)17-9-5-7(15)6-10(13(9)21)26(22,23)24/h5-6,8,21H,2-4,16H2,1H3,(H,17,20)(H,22,23,24)/t8-/m0/s1. The average Bonchev–Trinajstić information content (AvgIpc) is 3.04. The summed E-state index contributed by atoms with van der Waals surface area (Å²) in [6.45, 7) is 1.84. The summed E-state index contributed by atoms with van der Waals surface area (Å²) in [7, 11) is -4.71. The van der Waals surface area contributed by atoms with Crippen LogP contribution in [0.1, 0.15) is 37.6 Å². The van der Waals surface area contributed by atoms with E-state index in [1.807, 2.05) is 6.92 Å². The minimum atomic E-state index is -4.71. The van der Waals surface area contributed by atoms with Gasteiger partial charge in [0.15, 0.2) is 5.75 Å². The third kappa shape index (κ3) is 4.91. The third-order valence-electron chi connectivity index (χ3n) is 3.38. The van der Waals surface area contributed by atoms with Crippen molar-refractivity contribution in [1.82, 2.24) is 10.2 Å². The third-order valence-corrected chi connectivity index (χ3v) is 4.46. The van der Waals surface area contributed by atoms with E-state index in [-0.39, 0.29) is 29.4 Å². The minimum absolute atomic E-state index is 0.0713. The van der Waals surface area contributed by atoms with Gasteiger partial charge in [0.2, 0.25) is 17.7 Å². The smallest absolute Gasteiger partial charge is 0.298 e. The first-order valence-electron chi connectivity index (χ1n) is 7.49. The number of aromatic nitrogens is 2. The predicted octanol–water partition coefficient (Wildman–Crippen LogP) is 1.66. The van der Waals surface area contributed by atoms with E-state index in [1.165, 1.54) is 0 Å². The second-order valence-electron chi connectivity index (χ2n) is 5.36. The molecule has 2 aromatic rings. The zero-order valence-corrected chi connectivity index (χ0v) is 15.2. The molecule has 10 nitrogen and oxygen atoms in total. The predicted molar refractivity (Wildman–Crippen MR) is 91.4 cm³/mol. The van der Waals surface area contributed by atoms with Crippen LogP contribution in [0.3, 0.4) is 0 Å². The van der Waals surface area contributed by atoms with Gasteiger partial charge in [-0.25, -0.2) is 0 Å². The molecule has 2 rings (SSSR count). The van der Waals surface area contributed by atoms with E-state index < -0.39 is 32.7 Å². The summed E-state index contributed by atoms with van der Waals surface area (Å²) in [4.78, 5) is 11.2. The molecule has 0 radical (unpaired) electrons. The van der Waals surface area contributed by atoms with E-state index in [0.717, 1.165) is 12.1 Å². The number of amides is 1. The first-order valence-corrected chi connectivity index (χ1v) is 9.31. The SMILES string of the molecule is CCc1nnc([C@@H](N)CCC(=O)Nc2cc(Cl)cc(S(=O)(=O)O)c2O)o1. The maximum absolute atomic E-state index is 12.0. The summed E-state index contributed by atoms with van der Waals surface area (Å²) >= 11 is 5.75. The lowest BCUT2D eigenvalue weighted by molar-refractivity contribution is -0.116. The van der Waals surface area contributed by atoms with Crippen LogP contribution in [0.25, 0.3) is 0 Å². The molecule has 0 saturated heterocycles. The molecule has 1 heterocycles. The number of aryl methyl sites for hydroxylation is 1. The number of nitrogens with two attached hydrogens (primary N) is 1. The summed E-state index contributed by atoms with van der Waals surface area (Å²) in [5, 5.41) is 19.7. The molecular weight excluding hydrogens is 388 g/mol. The van der Waals surface area contributed by atoms with Crippen molar-refractivity contribution in [3.05, 3.63) is 28.9 Å². The van der Waals surface area contributed by atoms with Crippen LogP contribution in [0.15, 0.2) is 21.4 Å². The van der Waals surface area contributed by atoms with E-state index in [0.29, 0.717) is 12.3 Å². The Morgan fingerprint density at radius 1 is 1.42 bits per heavy atom. The molecule has 0 aliphatic heterocycles. The van der Waals surface area contributed by atoms with Gasteiger partial charge < -0.3 is 20.6 Å². The molecule has 5 N–H and O–H groups in total. The number of rotatable bonds is 7. The number of nitrogens with zero attached hydrogens (tertiary/aromatic N) is 2. The number of carbonyl (C=O) groups is 1. The molecular formula is C14H17ClN4O6S. The number of hydrogen-bond acceptors (Lipinski definition) is 8. The van der Waals surface area contributed by atoms with Crippen LogP contribution < -0.4 is 11.1 Å². The van der Waals surface area contributed by atoms with Gasteiger partial charge in [-0.1, -0.05) is 18.5 Å². The Labute approximate surface area is 154 Å². The summed E-state index contributed by atoms with van der Waals surface area (Å²) in [5.74, 6) is -0.746. The highest BCUT2D eigenvalue weighted by atomic mass is 35.5. The van der Waals surface area contributed by atoms with E-state index in [1.54, 1.807) is 0 Å². The summed E-state index contributed by atoms with van der Waals surface area (Å²) in [6, 6.07) is 1.35. The van der Waals surface area contributed by atoms with Crippen LogP contribution in [0.4, 0.5) is 5.69 Å². The van der Waals surface area contributed by atoms with Gasteiger partial charge in [-0.15, -0.1) is 10.2 Å². The van der Waals surface area contributed by atoms with Crippen LogP contribution in [0.5, 0.6) is 5.75 Å². The molecule has 0 unspecified atom stereocenters. The molecule has 0 spiro atoms. The van der Waals surface area contributed by atoms with Gasteiger partial charge in [0.1, 0.15) is 4.90 Å². The number of nitrogens with one attached hydrogen (secondary N) is 1. The molecule has 1 aromatic heterocycles. The van der Waals surface area contributed by atoms with Crippen molar-refractivity contribution in [3.8, 4) is 5.75 Å². The molecule has 0 saturated carbocycles. The summed E-state index contributed by atoms with van der Waals surface area (Å²) in [5.41, 5.74) is 5.63. The Bertz CT molecular complexity index is 914. The fraction of sp³-hybridized carbons (Fsp3) is 0.357. The molecule has 0 aliphatic carbocycles. The number of halogens is 1. The lowest BCUT2D eigenvalue weighted by Crippen LogP contribution is -2.17. The first-order chi connectivity index (χ1) is 12.1. The van der Waals surface area contributed by atoms with Gasteiger partial charge in [0.05, 0.1) is 11.7 Å². The highest BCUT2D eigenvalue weighted by molar-refractivity contribution is 7.86. The largest absolute Gasteiger partial charge is 0.504 e. The number of hydrogen-bond donors (Lipinski definition) is 4. The van der Waals surface area contributed by atoms with E-state index >= 15 is 0 Å². The van der Waals surface area contributed by atoms with Gasteiger partial charge in [-0.3, -0.25) is 9.35 Å². The monoisotopic (exact) mass is 404 g/mol. The van der Waals surface area contributed by atoms with Crippen molar-refractivity contribution < 1.29 is 27.3 Å². The van der Waals surface area contributed by atoms with E-state index in [2.05, 4.69) is 15.5 Å². The lowest BCUT2D eigenvalue weighted by Gasteiger charge is -2.11. The van der Waals surface area contributed by atoms with Gasteiger partial charge in [-0.2, -0.15) is 8.42 Å². The van der Waals surface area contributed by atoms with Gasteiger partial charge >= 0.3 is 0 Å². The van der Waals surface area contributed by atoms with Crippen molar-refractivity contribution in [2.24, 2.45) is 5.73 Å². The number of anilines is 1. The zero-order valence-electron chi connectivity index (χ0n) is 13.6. The molecule has 0 fully saturated rings. The van der Waals surface area contributed by atoms with Crippen LogP contribution in [0.2, 0.25) is 5.02 Å². The maximum atomic E-state index is 12.0.